The van der Waals surface area contributed by atoms with Gasteiger partial charge in [-0.1, -0.05) is 17.7 Å². The van der Waals surface area contributed by atoms with Gasteiger partial charge in [-0.05, 0) is 35.7 Å². The van der Waals surface area contributed by atoms with Crippen LogP contribution in [0.5, 0.6) is 0 Å². The zero-order valence-corrected chi connectivity index (χ0v) is 10.8. The molecule has 0 aliphatic rings. The third kappa shape index (κ3) is 1.92. The predicted molar refractivity (Wildman–Crippen MR) is 74.5 cm³/mol. The Morgan fingerprint density at radius 2 is 2.11 bits per heavy atom. The summed E-state index contributed by atoms with van der Waals surface area (Å²) in [5, 5.41) is 3.28. The average molecular weight is 274 g/mol. The maximum Gasteiger partial charge on any atom is 0.204 e. The summed E-state index contributed by atoms with van der Waals surface area (Å²) in [6, 6.07) is 11.0. The van der Waals surface area contributed by atoms with Crippen LogP contribution in [0, 0.1) is 0 Å². The van der Waals surface area contributed by atoms with Crippen molar-refractivity contribution in [1.82, 2.24) is 4.98 Å². The number of hydrogen-bond donors (Lipinski definition) is 0. The van der Waals surface area contributed by atoms with Crippen molar-refractivity contribution in [3.8, 4) is 0 Å². The van der Waals surface area contributed by atoms with Crippen LogP contribution < -0.4 is 0 Å². The van der Waals surface area contributed by atoms with E-state index in [0.29, 0.717) is 15.5 Å². The number of pyridine rings is 1. The van der Waals surface area contributed by atoms with E-state index >= 15 is 0 Å². The van der Waals surface area contributed by atoms with Gasteiger partial charge in [0.25, 0.3) is 0 Å². The van der Waals surface area contributed by atoms with E-state index in [-0.39, 0.29) is 5.78 Å². The Morgan fingerprint density at radius 1 is 1.22 bits per heavy atom. The Balaban J connectivity index is 2.10. The van der Waals surface area contributed by atoms with Crippen LogP contribution in [-0.2, 0) is 0 Å². The minimum absolute atomic E-state index is 0.0410. The van der Waals surface area contributed by atoms with Gasteiger partial charge < -0.3 is 0 Å². The number of aromatic nitrogens is 1. The molecule has 0 unspecified atom stereocenters. The number of rotatable bonds is 2. The Hall–Kier alpha value is -1.71. The van der Waals surface area contributed by atoms with Crippen molar-refractivity contribution in [1.29, 1.82) is 0 Å². The second kappa shape index (κ2) is 4.52. The molecular formula is C14H8ClNOS. The van der Waals surface area contributed by atoms with Crippen LogP contribution in [0.2, 0.25) is 5.02 Å². The van der Waals surface area contributed by atoms with Crippen molar-refractivity contribution in [2.75, 3.05) is 0 Å². The molecule has 3 aromatic rings. The van der Waals surface area contributed by atoms with Gasteiger partial charge in [0.1, 0.15) is 0 Å². The van der Waals surface area contributed by atoms with Crippen LogP contribution in [0.1, 0.15) is 15.2 Å². The summed E-state index contributed by atoms with van der Waals surface area (Å²) in [5.74, 6) is -0.0410. The molecule has 0 bridgehead atoms. The molecule has 0 aliphatic heterocycles. The van der Waals surface area contributed by atoms with Crippen LogP contribution in [-0.4, -0.2) is 10.8 Å². The summed E-state index contributed by atoms with van der Waals surface area (Å²) in [7, 11) is 0. The van der Waals surface area contributed by atoms with Gasteiger partial charge in [-0.3, -0.25) is 9.78 Å². The highest BCUT2D eigenvalue weighted by atomic mass is 35.5. The van der Waals surface area contributed by atoms with E-state index in [4.69, 9.17) is 11.6 Å². The Bertz CT molecular complexity index is 735. The van der Waals surface area contributed by atoms with Crippen LogP contribution in [0.3, 0.4) is 0 Å². The second-order valence-corrected chi connectivity index (χ2v) is 5.16. The molecule has 0 saturated heterocycles. The lowest BCUT2D eigenvalue weighted by atomic mass is 10.1. The smallest absolute Gasteiger partial charge is 0.204 e. The molecule has 0 aliphatic carbocycles. The Labute approximate surface area is 113 Å². The predicted octanol–water partition coefficient (Wildman–Crippen LogP) is 4.18. The van der Waals surface area contributed by atoms with Gasteiger partial charge in [0.2, 0.25) is 5.78 Å². The average Bonchev–Trinajstić information content (AvgIpc) is 2.83. The first kappa shape index (κ1) is 11.4. The van der Waals surface area contributed by atoms with Gasteiger partial charge in [0, 0.05) is 17.1 Å². The van der Waals surface area contributed by atoms with Crippen molar-refractivity contribution in [2.45, 2.75) is 0 Å². The number of thiophene rings is 1. The summed E-state index contributed by atoms with van der Waals surface area (Å²) in [4.78, 5) is 17.1. The molecule has 0 radical (unpaired) electrons. The summed E-state index contributed by atoms with van der Waals surface area (Å²) >= 11 is 7.34. The normalized spacial score (nSPS) is 10.7. The van der Waals surface area contributed by atoms with E-state index in [1.54, 1.807) is 18.3 Å². The fraction of sp³-hybridized carbons (Fsp3) is 0. The summed E-state index contributed by atoms with van der Waals surface area (Å²) in [5.41, 5.74) is 1.52. The third-order valence-electron chi connectivity index (χ3n) is 2.69. The van der Waals surface area contributed by atoms with Gasteiger partial charge >= 0.3 is 0 Å². The maximum absolute atomic E-state index is 12.3. The molecule has 1 aromatic carbocycles. The lowest BCUT2D eigenvalue weighted by Gasteiger charge is -2.01. The molecule has 0 spiro atoms. The van der Waals surface area contributed by atoms with Crippen molar-refractivity contribution < 1.29 is 4.79 Å². The van der Waals surface area contributed by atoms with Gasteiger partial charge in [0.15, 0.2) is 0 Å². The molecule has 18 heavy (non-hydrogen) atoms. The van der Waals surface area contributed by atoms with E-state index < -0.39 is 0 Å². The highest BCUT2D eigenvalue weighted by Gasteiger charge is 2.14. The van der Waals surface area contributed by atoms with Crippen LogP contribution >= 0.6 is 22.9 Å². The number of halogens is 1. The number of nitrogens with zero attached hydrogens (tertiary/aromatic N) is 1. The molecular weight excluding hydrogens is 266 g/mol. The molecule has 0 N–H and O–H groups in total. The minimum atomic E-state index is -0.0410. The van der Waals surface area contributed by atoms with Crippen molar-refractivity contribution in [3.63, 3.8) is 0 Å². The summed E-state index contributed by atoms with van der Waals surface area (Å²) in [6.45, 7) is 0. The molecule has 88 valence electrons. The first-order chi connectivity index (χ1) is 8.75. The fourth-order valence-corrected chi connectivity index (χ4v) is 2.91. The minimum Gasteiger partial charge on any atom is -0.288 e. The summed E-state index contributed by atoms with van der Waals surface area (Å²) < 4.78 is 0. The summed E-state index contributed by atoms with van der Waals surface area (Å²) in [6.07, 6.45) is 1.74. The molecule has 2 heterocycles. The first-order valence-corrected chi connectivity index (χ1v) is 6.64. The zero-order valence-electron chi connectivity index (χ0n) is 9.26. The van der Waals surface area contributed by atoms with Crippen molar-refractivity contribution in [2.24, 2.45) is 0 Å². The van der Waals surface area contributed by atoms with E-state index in [1.807, 2.05) is 29.6 Å². The number of fused-ring (bicyclic) bond motifs is 1. The molecule has 2 aromatic heterocycles. The molecule has 2 nitrogen and oxygen atoms in total. The lowest BCUT2D eigenvalue weighted by molar-refractivity contribution is 0.104. The van der Waals surface area contributed by atoms with E-state index in [1.165, 1.54) is 11.3 Å². The van der Waals surface area contributed by atoms with E-state index in [0.717, 1.165) is 10.9 Å². The largest absolute Gasteiger partial charge is 0.288 e. The van der Waals surface area contributed by atoms with Gasteiger partial charge in [0.05, 0.1) is 15.4 Å². The SMILES string of the molecule is O=C(c1ccc2ncccc2c1)c1sccc1Cl. The number of carbonyl (C=O) groups excluding carboxylic acids is 1. The van der Waals surface area contributed by atoms with E-state index in [9.17, 15) is 4.79 Å². The molecule has 0 amide bonds. The maximum atomic E-state index is 12.3. The Morgan fingerprint density at radius 3 is 2.89 bits per heavy atom. The standard InChI is InChI=1S/C14H8ClNOS/c15-11-5-7-18-14(11)13(17)10-3-4-12-9(8-10)2-1-6-16-12/h1-8H. The number of ketones is 1. The number of hydrogen-bond acceptors (Lipinski definition) is 3. The molecule has 0 fully saturated rings. The van der Waals surface area contributed by atoms with Crippen molar-refractivity contribution in [3.05, 3.63) is 63.4 Å². The highest BCUT2D eigenvalue weighted by Crippen LogP contribution is 2.26. The lowest BCUT2D eigenvalue weighted by Crippen LogP contribution is -1.99. The topological polar surface area (TPSA) is 30.0 Å². The third-order valence-corrected chi connectivity index (χ3v) is 4.03. The number of benzene rings is 1. The fourth-order valence-electron chi connectivity index (χ4n) is 1.80. The first-order valence-electron chi connectivity index (χ1n) is 5.38. The van der Waals surface area contributed by atoms with Crippen LogP contribution in [0.4, 0.5) is 0 Å². The van der Waals surface area contributed by atoms with Gasteiger partial charge in [-0.25, -0.2) is 0 Å². The van der Waals surface area contributed by atoms with Gasteiger partial charge in [-0.2, -0.15) is 0 Å². The second-order valence-electron chi connectivity index (χ2n) is 3.84. The molecule has 3 rings (SSSR count). The van der Waals surface area contributed by atoms with Crippen LogP contribution in [0.15, 0.2) is 48.0 Å². The van der Waals surface area contributed by atoms with Crippen LogP contribution in [0.25, 0.3) is 10.9 Å². The van der Waals surface area contributed by atoms with Gasteiger partial charge in [-0.15, -0.1) is 11.3 Å². The molecule has 4 heteroatoms. The van der Waals surface area contributed by atoms with Crippen molar-refractivity contribution >= 4 is 39.6 Å². The quantitative estimate of drug-likeness (QED) is 0.656. The Kier molecular flexibility index (Phi) is 2.86. The monoisotopic (exact) mass is 273 g/mol. The number of carbonyl (C=O) groups is 1. The zero-order chi connectivity index (χ0) is 12.5. The highest BCUT2D eigenvalue weighted by molar-refractivity contribution is 7.13. The molecule has 0 atom stereocenters. The van der Waals surface area contributed by atoms with E-state index in [2.05, 4.69) is 4.98 Å². The molecule has 0 saturated carbocycles.